The highest BCUT2D eigenvalue weighted by Crippen LogP contribution is 2.46. The monoisotopic (exact) mass is 324 g/mol. The van der Waals surface area contributed by atoms with Crippen molar-refractivity contribution in [2.75, 3.05) is 0 Å². The lowest BCUT2D eigenvalue weighted by Crippen LogP contribution is -2.41. The Morgan fingerprint density at radius 1 is 1.08 bits per heavy atom. The van der Waals surface area contributed by atoms with Crippen LogP contribution in [0.1, 0.15) is 24.2 Å². The molecule has 1 aliphatic rings. The zero-order chi connectivity index (χ0) is 16.9. The molecule has 3 aromatic rings. The Labute approximate surface area is 137 Å². The Morgan fingerprint density at radius 2 is 1.75 bits per heavy atom. The van der Waals surface area contributed by atoms with Crippen molar-refractivity contribution in [2.24, 2.45) is 0 Å². The Morgan fingerprint density at radius 3 is 2.50 bits per heavy atom. The highest BCUT2D eigenvalue weighted by molar-refractivity contribution is 5.85. The molecule has 1 aromatic heterocycles. The number of ether oxygens (including phenoxy) is 1. The summed E-state index contributed by atoms with van der Waals surface area (Å²) in [6.45, 7) is 1.46. The molecular formula is C19H16O5. The van der Waals surface area contributed by atoms with Crippen molar-refractivity contribution in [3.63, 3.8) is 0 Å². The zero-order valence-electron chi connectivity index (χ0n) is 13.0. The highest BCUT2D eigenvalue weighted by atomic mass is 16.5. The van der Waals surface area contributed by atoms with Gasteiger partial charge in [-0.05, 0) is 24.6 Å². The van der Waals surface area contributed by atoms with Gasteiger partial charge in [-0.2, -0.15) is 0 Å². The van der Waals surface area contributed by atoms with Gasteiger partial charge in [-0.3, -0.25) is 0 Å². The molecule has 0 bridgehead atoms. The molecule has 0 saturated heterocycles. The van der Waals surface area contributed by atoms with Crippen molar-refractivity contribution in [1.29, 1.82) is 0 Å². The van der Waals surface area contributed by atoms with Gasteiger partial charge in [0.2, 0.25) is 0 Å². The van der Waals surface area contributed by atoms with E-state index < -0.39 is 23.4 Å². The normalized spacial score (nSPS) is 23.7. The summed E-state index contributed by atoms with van der Waals surface area (Å²) in [5.74, 6) is 0.270. The Kier molecular flexibility index (Phi) is 3.23. The molecule has 0 saturated carbocycles. The minimum absolute atomic E-state index is 0.0428. The Bertz CT molecular complexity index is 958. The van der Waals surface area contributed by atoms with E-state index in [0.29, 0.717) is 16.5 Å². The third-order valence-corrected chi connectivity index (χ3v) is 4.50. The summed E-state index contributed by atoms with van der Waals surface area (Å²) >= 11 is 0. The summed E-state index contributed by atoms with van der Waals surface area (Å²) in [6.07, 6.45) is -2.10. The summed E-state index contributed by atoms with van der Waals surface area (Å²) in [7, 11) is 0. The van der Waals surface area contributed by atoms with Gasteiger partial charge < -0.3 is 19.4 Å². The molecule has 5 nitrogen and oxygen atoms in total. The van der Waals surface area contributed by atoms with E-state index in [2.05, 4.69) is 0 Å². The maximum Gasteiger partial charge on any atom is 0.346 e. The number of para-hydroxylation sites is 1. The van der Waals surface area contributed by atoms with Crippen molar-refractivity contribution in [3.8, 4) is 5.75 Å². The van der Waals surface area contributed by atoms with E-state index in [0.717, 1.165) is 0 Å². The average molecular weight is 324 g/mol. The number of aliphatic hydroxyl groups excluding tert-OH is 1. The van der Waals surface area contributed by atoms with Crippen molar-refractivity contribution < 1.29 is 19.4 Å². The lowest BCUT2D eigenvalue weighted by Gasteiger charge is -2.28. The molecule has 0 aliphatic carbocycles. The summed E-state index contributed by atoms with van der Waals surface area (Å²) in [5, 5.41) is 22.2. The SMILES string of the molecule is CC1(O)c2c(c3ccccc3oc2=O)OC1C(O)c1ccccc1. The molecule has 2 heterocycles. The van der Waals surface area contributed by atoms with Crippen LogP contribution < -0.4 is 10.4 Å². The fraction of sp³-hybridized carbons (Fsp3) is 0.211. The molecule has 0 fully saturated rings. The van der Waals surface area contributed by atoms with E-state index in [-0.39, 0.29) is 11.3 Å². The molecular weight excluding hydrogens is 308 g/mol. The summed E-state index contributed by atoms with van der Waals surface area (Å²) < 4.78 is 11.2. The first kappa shape index (κ1) is 14.9. The topological polar surface area (TPSA) is 79.9 Å². The van der Waals surface area contributed by atoms with E-state index >= 15 is 0 Å². The fourth-order valence-electron chi connectivity index (χ4n) is 3.26. The molecule has 0 radical (unpaired) electrons. The van der Waals surface area contributed by atoms with Crippen molar-refractivity contribution >= 4 is 11.0 Å². The molecule has 5 heteroatoms. The van der Waals surface area contributed by atoms with Crippen LogP contribution in [0.2, 0.25) is 0 Å². The van der Waals surface area contributed by atoms with Gasteiger partial charge in [0.15, 0.2) is 6.10 Å². The third-order valence-electron chi connectivity index (χ3n) is 4.50. The predicted octanol–water partition coefficient (Wildman–Crippen LogP) is 2.50. The average Bonchev–Trinajstić information content (AvgIpc) is 2.87. The first-order valence-corrected chi connectivity index (χ1v) is 7.68. The van der Waals surface area contributed by atoms with Gasteiger partial charge in [-0.1, -0.05) is 42.5 Å². The van der Waals surface area contributed by atoms with Crippen molar-refractivity contribution in [3.05, 3.63) is 76.1 Å². The summed E-state index contributed by atoms with van der Waals surface area (Å²) in [4.78, 5) is 12.4. The summed E-state index contributed by atoms with van der Waals surface area (Å²) in [5.41, 5.74) is -1.30. The van der Waals surface area contributed by atoms with Crippen molar-refractivity contribution in [1.82, 2.24) is 0 Å². The van der Waals surface area contributed by atoms with Gasteiger partial charge in [0.25, 0.3) is 0 Å². The number of rotatable bonds is 2. The Hall–Kier alpha value is -2.63. The summed E-state index contributed by atoms with van der Waals surface area (Å²) in [6, 6.07) is 15.9. The molecule has 0 spiro atoms. The second-order valence-electron chi connectivity index (χ2n) is 6.13. The van der Waals surface area contributed by atoms with Crippen LogP contribution in [0.3, 0.4) is 0 Å². The third kappa shape index (κ3) is 2.06. The molecule has 24 heavy (non-hydrogen) atoms. The largest absolute Gasteiger partial charge is 0.482 e. The maximum atomic E-state index is 12.4. The van der Waals surface area contributed by atoms with Crippen LogP contribution in [0, 0.1) is 0 Å². The van der Waals surface area contributed by atoms with Gasteiger partial charge in [0, 0.05) is 0 Å². The molecule has 0 amide bonds. The van der Waals surface area contributed by atoms with E-state index in [9.17, 15) is 15.0 Å². The molecule has 122 valence electrons. The lowest BCUT2D eigenvalue weighted by atomic mass is 9.87. The molecule has 1 aliphatic heterocycles. The predicted molar refractivity (Wildman–Crippen MR) is 87.9 cm³/mol. The van der Waals surface area contributed by atoms with Crippen LogP contribution in [0.4, 0.5) is 0 Å². The van der Waals surface area contributed by atoms with E-state index in [4.69, 9.17) is 9.15 Å². The molecule has 3 atom stereocenters. The number of fused-ring (bicyclic) bond motifs is 3. The maximum absolute atomic E-state index is 12.4. The van der Waals surface area contributed by atoms with Crippen LogP contribution in [0.25, 0.3) is 11.0 Å². The van der Waals surface area contributed by atoms with Crippen LogP contribution in [-0.2, 0) is 5.60 Å². The first-order valence-electron chi connectivity index (χ1n) is 7.68. The van der Waals surface area contributed by atoms with Crippen LogP contribution in [0.5, 0.6) is 5.75 Å². The minimum Gasteiger partial charge on any atom is -0.482 e. The van der Waals surface area contributed by atoms with E-state index in [1.54, 1.807) is 48.5 Å². The van der Waals surface area contributed by atoms with E-state index in [1.165, 1.54) is 6.92 Å². The molecule has 4 rings (SSSR count). The van der Waals surface area contributed by atoms with Gasteiger partial charge in [-0.25, -0.2) is 4.79 Å². The number of aliphatic hydroxyl groups is 2. The zero-order valence-corrected chi connectivity index (χ0v) is 13.0. The second-order valence-corrected chi connectivity index (χ2v) is 6.13. The van der Waals surface area contributed by atoms with E-state index in [1.807, 2.05) is 6.07 Å². The minimum atomic E-state index is -1.67. The lowest BCUT2D eigenvalue weighted by molar-refractivity contribution is -0.0857. The second kappa shape index (κ2) is 5.19. The van der Waals surface area contributed by atoms with Gasteiger partial charge >= 0.3 is 5.63 Å². The molecule has 2 aromatic carbocycles. The fourth-order valence-corrected chi connectivity index (χ4v) is 3.26. The van der Waals surface area contributed by atoms with Crippen LogP contribution >= 0.6 is 0 Å². The first-order chi connectivity index (χ1) is 11.5. The highest BCUT2D eigenvalue weighted by Gasteiger charge is 2.51. The molecule has 2 N–H and O–H groups in total. The van der Waals surface area contributed by atoms with Crippen molar-refractivity contribution in [2.45, 2.75) is 24.7 Å². The Balaban J connectivity index is 1.88. The van der Waals surface area contributed by atoms with Gasteiger partial charge in [-0.15, -0.1) is 0 Å². The molecule has 3 unspecified atom stereocenters. The number of hydrogen-bond donors (Lipinski definition) is 2. The van der Waals surface area contributed by atoms with Gasteiger partial charge in [0.05, 0.1) is 5.39 Å². The van der Waals surface area contributed by atoms with Gasteiger partial charge in [0.1, 0.15) is 28.6 Å². The quantitative estimate of drug-likeness (QED) is 0.708. The number of benzene rings is 2. The standard InChI is InChI=1S/C19H16O5/c1-19(22)14-16(12-9-5-6-10-13(12)23-18(14)21)24-17(19)15(20)11-7-3-2-4-8-11/h2-10,15,17,20,22H,1H3. The van der Waals surface area contributed by atoms with Crippen LogP contribution in [0.15, 0.2) is 63.8 Å². The van der Waals surface area contributed by atoms with Crippen LogP contribution in [-0.4, -0.2) is 16.3 Å². The smallest absolute Gasteiger partial charge is 0.346 e. The number of hydrogen-bond acceptors (Lipinski definition) is 5.